The van der Waals surface area contributed by atoms with Crippen molar-refractivity contribution in [2.75, 3.05) is 27.7 Å². The molecule has 1 saturated heterocycles. The van der Waals surface area contributed by atoms with E-state index in [1.54, 1.807) is 18.0 Å². The van der Waals surface area contributed by atoms with Gasteiger partial charge in [-0.2, -0.15) is 0 Å². The summed E-state index contributed by atoms with van der Waals surface area (Å²) in [5.41, 5.74) is 4.03. The van der Waals surface area contributed by atoms with Crippen LogP contribution < -0.4 is 16.0 Å². The van der Waals surface area contributed by atoms with Crippen molar-refractivity contribution in [3.8, 4) is 0 Å². The minimum Gasteiger partial charge on any atom is -0.483 e. The first kappa shape index (κ1) is 42.1. The van der Waals surface area contributed by atoms with Gasteiger partial charge in [-0.05, 0) is 53.9 Å². The second-order valence-corrected chi connectivity index (χ2v) is 12.2. The molecule has 0 aromatic rings. The van der Waals surface area contributed by atoms with Gasteiger partial charge in [0.25, 0.3) is 6.47 Å². The Balaban J connectivity index is 0.00000385. The fraction of sp³-hybridized carbons (Fsp3) is 0.447. The van der Waals surface area contributed by atoms with E-state index in [9.17, 15) is 9.59 Å². The number of aliphatic imine (C=N–C) groups is 2. The summed E-state index contributed by atoms with van der Waals surface area (Å²) in [7, 11) is 4.76. The average Bonchev–Trinajstić information content (AvgIpc) is 3.59. The van der Waals surface area contributed by atoms with Crippen LogP contribution in [0.15, 0.2) is 107 Å². The maximum absolute atomic E-state index is 13.5. The molecule has 0 bridgehead atoms. The van der Waals surface area contributed by atoms with Crippen molar-refractivity contribution in [2.45, 2.75) is 70.9 Å². The van der Waals surface area contributed by atoms with Crippen LogP contribution in [0.25, 0.3) is 0 Å². The van der Waals surface area contributed by atoms with E-state index >= 15 is 0 Å². The first-order valence-electron chi connectivity index (χ1n) is 16.5. The quantitative estimate of drug-likeness (QED) is 0.0738. The van der Waals surface area contributed by atoms with Gasteiger partial charge < -0.3 is 30.7 Å². The van der Waals surface area contributed by atoms with Crippen molar-refractivity contribution < 1.29 is 24.2 Å². The molecule has 11 heteroatoms. The third-order valence-corrected chi connectivity index (χ3v) is 8.43. The lowest BCUT2D eigenvalue weighted by molar-refractivity contribution is -0.134. The van der Waals surface area contributed by atoms with Gasteiger partial charge >= 0.3 is 6.09 Å². The fourth-order valence-corrected chi connectivity index (χ4v) is 5.49. The molecule has 2 unspecified atom stereocenters. The number of rotatable bonds is 14. The lowest BCUT2D eigenvalue weighted by atomic mass is 9.88. The van der Waals surface area contributed by atoms with Gasteiger partial charge in [0.05, 0.1) is 13.2 Å². The minimum absolute atomic E-state index is 0.122. The summed E-state index contributed by atoms with van der Waals surface area (Å²) in [6.45, 7) is 28.9. The maximum atomic E-state index is 13.5. The van der Waals surface area contributed by atoms with E-state index < -0.39 is 12.1 Å². The molecule has 2 aliphatic rings. The molecular weight excluding hydrogens is 620 g/mol. The van der Waals surface area contributed by atoms with Crippen LogP contribution in [0.2, 0.25) is 0 Å². The first-order chi connectivity index (χ1) is 23.2. The number of allylic oxidation sites excluding steroid dienone is 6. The number of carbonyl (C=O) groups excluding carboxylic acids is 2. The van der Waals surface area contributed by atoms with E-state index in [0.29, 0.717) is 46.4 Å². The van der Waals surface area contributed by atoms with E-state index in [1.165, 1.54) is 26.4 Å². The number of amides is 2. The standard InChI is InChI=1S/C37H54N6O3.CH2O2/c1-24(2)33(42-37(45)46-11)36(44)43-23-15-18-32(43)35(39-10)41-30(8)28(6)22-20-26(4)25(3)19-21-27(5)29(7)40-34(38-9)31-16-13-12-14-17-31;2-1-3/h19-22,24,31-33H,3-8,12-18,23H2,1-2,9-11H3,(H,38,40)(H,39,41)(H,42,45);1H,(H,2,3)/b21-19-,22-20-;. The van der Waals surface area contributed by atoms with Crippen LogP contribution in [-0.4, -0.2) is 80.0 Å². The smallest absolute Gasteiger partial charge is 0.407 e. The van der Waals surface area contributed by atoms with Crippen molar-refractivity contribution in [1.82, 2.24) is 20.9 Å². The Labute approximate surface area is 292 Å². The number of ether oxygens (including phenoxy) is 1. The van der Waals surface area contributed by atoms with Gasteiger partial charge in [0.1, 0.15) is 17.7 Å². The van der Waals surface area contributed by atoms with E-state index in [0.717, 1.165) is 37.1 Å². The van der Waals surface area contributed by atoms with E-state index in [2.05, 4.69) is 65.4 Å². The predicted octanol–water partition coefficient (Wildman–Crippen LogP) is 6.24. The number of nitrogens with zero attached hydrogens (tertiary/aromatic N) is 3. The zero-order chi connectivity index (χ0) is 37.1. The molecule has 2 amide bonds. The summed E-state index contributed by atoms with van der Waals surface area (Å²) >= 11 is 0. The van der Waals surface area contributed by atoms with E-state index in [1.807, 2.05) is 39.1 Å². The third kappa shape index (κ3) is 13.6. The van der Waals surface area contributed by atoms with Gasteiger partial charge in [-0.1, -0.05) is 96.9 Å². The molecule has 1 aliphatic carbocycles. The minimum atomic E-state index is -0.712. The van der Waals surface area contributed by atoms with Gasteiger partial charge in [0.2, 0.25) is 5.91 Å². The number of alkyl carbamates (subject to hydrolysis) is 1. The highest BCUT2D eigenvalue weighted by atomic mass is 16.5. The normalized spacial score (nSPS) is 17.5. The van der Waals surface area contributed by atoms with Crippen molar-refractivity contribution in [2.24, 2.45) is 21.8 Å². The Hall–Kier alpha value is -4.93. The summed E-state index contributed by atoms with van der Waals surface area (Å²) in [5.74, 6) is 1.71. The van der Waals surface area contributed by atoms with Gasteiger partial charge in [0.15, 0.2) is 0 Å². The van der Waals surface area contributed by atoms with Crippen molar-refractivity contribution in [3.63, 3.8) is 0 Å². The molecule has 0 aromatic carbocycles. The zero-order valence-electron chi connectivity index (χ0n) is 30.0. The Morgan fingerprint density at radius 3 is 1.71 bits per heavy atom. The maximum Gasteiger partial charge on any atom is 0.407 e. The molecule has 2 atom stereocenters. The van der Waals surface area contributed by atoms with Crippen LogP contribution >= 0.6 is 0 Å². The van der Waals surface area contributed by atoms with Crippen LogP contribution in [0.1, 0.15) is 58.8 Å². The lowest BCUT2D eigenvalue weighted by Crippen LogP contribution is -2.55. The van der Waals surface area contributed by atoms with Crippen LogP contribution in [-0.2, 0) is 14.3 Å². The Kier molecular flexibility index (Phi) is 18.8. The number of likely N-dealkylation sites (tertiary alicyclic amines) is 1. The molecular formula is C38H56N6O5. The Morgan fingerprint density at radius 2 is 1.27 bits per heavy atom. The van der Waals surface area contributed by atoms with E-state index in [4.69, 9.17) is 14.6 Å². The number of nitrogens with one attached hydrogen (secondary N) is 3. The largest absolute Gasteiger partial charge is 0.483 e. The van der Waals surface area contributed by atoms with Crippen molar-refractivity contribution >= 4 is 30.1 Å². The monoisotopic (exact) mass is 676 g/mol. The number of amidine groups is 2. The molecule has 0 aromatic heterocycles. The summed E-state index contributed by atoms with van der Waals surface area (Å²) < 4.78 is 4.73. The zero-order valence-corrected chi connectivity index (χ0v) is 30.0. The summed E-state index contributed by atoms with van der Waals surface area (Å²) in [6, 6.07) is -0.998. The highest BCUT2D eigenvalue weighted by Crippen LogP contribution is 2.25. The summed E-state index contributed by atoms with van der Waals surface area (Å²) in [5, 5.41) is 16.2. The lowest BCUT2D eigenvalue weighted by Gasteiger charge is -2.31. The second kappa shape index (κ2) is 21.8. The molecule has 1 heterocycles. The average molecular weight is 677 g/mol. The molecule has 11 nitrogen and oxygen atoms in total. The van der Waals surface area contributed by atoms with Gasteiger partial charge in [-0.25, -0.2) is 4.79 Å². The highest BCUT2D eigenvalue weighted by molar-refractivity contribution is 5.95. The van der Waals surface area contributed by atoms with Gasteiger partial charge in [0, 0.05) is 38.0 Å². The second-order valence-electron chi connectivity index (χ2n) is 12.2. The molecule has 268 valence electrons. The third-order valence-electron chi connectivity index (χ3n) is 8.43. The van der Waals surface area contributed by atoms with E-state index in [-0.39, 0.29) is 24.3 Å². The highest BCUT2D eigenvalue weighted by Gasteiger charge is 2.37. The first-order valence-corrected chi connectivity index (χ1v) is 16.5. The molecule has 4 N–H and O–H groups in total. The predicted molar refractivity (Wildman–Crippen MR) is 200 cm³/mol. The number of methoxy groups -OCH3 is 1. The van der Waals surface area contributed by atoms with Gasteiger partial charge in [-0.3, -0.25) is 19.6 Å². The number of hydrogen-bond donors (Lipinski definition) is 4. The van der Waals surface area contributed by atoms with Crippen molar-refractivity contribution in [1.29, 1.82) is 0 Å². The molecule has 2 fully saturated rings. The SMILES string of the molecule is C=C(/C=C\C(=C)C(=C)NC(=NC)C1CCCCC1)C(=C)/C=C\C(=C)C(=C)NC(=NC)C1CCCN1C(=O)C(NC(=O)OC)C(C)C.O=CO. The fourth-order valence-electron chi connectivity index (χ4n) is 5.49. The van der Waals surface area contributed by atoms with Crippen molar-refractivity contribution in [3.05, 3.63) is 97.5 Å². The van der Waals surface area contributed by atoms with Crippen LogP contribution in [0, 0.1) is 11.8 Å². The summed E-state index contributed by atoms with van der Waals surface area (Å²) in [4.78, 5) is 44.4. The summed E-state index contributed by atoms with van der Waals surface area (Å²) in [6.07, 6.45) is 14.3. The molecule has 0 spiro atoms. The topological polar surface area (TPSA) is 145 Å². The van der Waals surface area contributed by atoms with Crippen LogP contribution in [0.4, 0.5) is 4.79 Å². The van der Waals surface area contributed by atoms with Crippen LogP contribution in [0.3, 0.4) is 0 Å². The Morgan fingerprint density at radius 1 is 0.796 bits per heavy atom. The Bertz CT molecular complexity index is 1380. The number of carboxylic acid groups (broad SMARTS) is 1. The number of hydrogen-bond acceptors (Lipinski definition) is 6. The van der Waals surface area contributed by atoms with Gasteiger partial charge in [-0.15, -0.1) is 0 Å². The molecule has 1 saturated carbocycles. The molecule has 0 radical (unpaired) electrons. The number of carbonyl (C=O) groups is 3. The molecule has 1 aliphatic heterocycles. The van der Waals surface area contributed by atoms with Crippen LogP contribution in [0.5, 0.6) is 0 Å². The molecule has 49 heavy (non-hydrogen) atoms. The molecule has 2 rings (SSSR count).